The standard InChI is InChI=1S/C21H19N5O/c1-3-16(12-22)5-4-15(2)13-24-20-21-25-14-19(26(21)11-10-23-20)17-6-8-18(27)9-7-17/h3-11,14,27H,2,13H2,1H3,(H,23,24)/b5-4-,16-3+. The van der Waals surface area contributed by atoms with E-state index < -0.39 is 0 Å². The number of hydrogen-bond acceptors (Lipinski definition) is 5. The number of nitriles is 1. The molecule has 0 saturated heterocycles. The lowest BCUT2D eigenvalue weighted by molar-refractivity contribution is 0.475. The van der Waals surface area contributed by atoms with E-state index in [1.165, 1.54) is 0 Å². The van der Waals surface area contributed by atoms with Gasteiger partial charge < -0.3 is 10.4 Å². The number of hydrogen-bond donors (Lipinski definition) is 2. The second-order valence-electron chi connectivity index (χ2n) is 5.86. The second kappa shape index (κ2) is 8.02. The normalized spacial score (nSPS) is 11.6. The summed E-state index contributed by atoms with van der Waals surface area (Å²) in [4.78, 5) is 8.84. The molecule has 0 aliphatic heterocycles. The van der Waals surface area contributed by atoms with Gasteiger partial charge in [-0.3, -0.25) is 4.40 Å². The van der Waals surface area contributed by atoms with E-state index in [9.17, 15) is 5.11 Å². The van der Waals surface area contributed by atoms with Crippen molar-refractivity contribution in [1.82, 2.24) is 14.4 Å². The molecule has 0 unspecified atom stereocenters. The van der Waals surface area contributed by atoms with Crippen molar-refractivity contribution in [2.45, 2.75) is 6.92 Å². The van der Waals surface area contributed by atoms with Gasteiger partial charge in [0.05, 0.1) is 18.0 Å². The summed E-state index contributed by atoms with van der Waals surface area (Å²) in [6, 6.07) is 9.07. The average molecular weight is 357 g/mol. The molecule has 6 nitrogen and oxygen atoms in total. The minimum absolute atomic E-state index is 0.223. The highest BCUT2D eigenvalue weighted by molar-refractivity contribution is 5.71. The summed E-state index contributed by atoms with van der Waals surface area (Å²) in [5.74, 6) is 0.865. The van der Waals surface area contributed by atoms with Crippen LogP contribution in [-0.4, -0.2) is 26.0 Å². The van der Waals surface area contributed by atoms with Gasteiger partial charge in [0.25, 0.3) is 0 Å². The number of benzene rings is 1. The lowest BCUT2D eigenvalue weighted by Gasteiger charge is -2.08. The first-order chi connectivity index (χ1) is 13.1. The van der Waals surface area contributed by atoms with E-state index in [4.69, 9.17) is 5.26 Å². The molecule has 0 aliphatic rings. The zero-order valence-electron chi connectivity index (χ0n) is 14.9. The van der Waals surface area contributed by atoms with Crippen molar-refractivity contribution in [3.8, 4) is 23.1 Å². The van der Waals surface area contributed by atoms with Gasteiger partial charge in [-0.2, -0.15) is 5.26 Å². The van der Waals surface area contributed by atoms with Crippen molar-refractivity contribution in [3.05, 3.63) is 78.8 Å². The maximum absolute atomic E-state index is 9.47. The van der Waals surface area contributed by atoms with Gasteiger partial charge in [0, 0.05) is 30.1 Å². The number of nitrogens with zero attached hydrogens (tertiary/aromatic N) is 4. The Kier molecular flexibility index (Phi) is 5.33. The fraction of sp³-hybridized carbons (Fsp3) is 0.0952. The Morgan fingerprint density at radius 1 is 1.30 bits per heavy atom. The number of phenolic OH excluding ortho intramolecular Hbond substituents is 1. The first-order valence-corrected chi connectivity index (χ1v) is 8.40. The number of imidazole rings is 1. The molecule has 1 aromatic carbocycles. The molecular formula is C21H19N5O. The third-order valence-corrected chi connectivity index (χ3v) is 4.01. The summed E-state index contributed by atoms with van der Waals surface area (Å²) >= 11 is 0. The van der Waals surface area contributed by atoms with E-state index in [-0.39, 0.29) is 5.75 Å². The number of aromatic hydroxyl groups is 1. The Morgan fingerprint density at radius 2 is 2.07 bits per heavy atom. The van der Waals surface area contributed by atoms with Gasteiger partial charge in [-0.25, -0.2) is 9.97 Å². The predicted octanol–water partition coefficient (Wildman–Crippen LogP) is 4.10. The van der Waals surface area contributed by atoms with Crippen LogP contribution >= 0.6 is 0 Å². The van der Waals surface area contributed by atoms with Crippen LogP contribution in [0.1, 0.15) is 6.92 Å². The summed E-state index contributed by atoms with van der Waals surface area (Å²) in [7, 11) is 0. The number of allylic oxidation sites excluding steroid dienone is 3. The number of anilines is 1. The van der Waals surface area contributed by atoms with Crippen LogP contribution in [0, 0.1) is 11.3 Å². The lowest BCUT2D eigenvalue weighted by atomic mass is 10.1. The first kappa shape index (κ1) is 18.0. The van der Waals surface area contributed by atoms with Crippen LogP contribution in [0.3, 0.4) is 0 Å². The molecule has 0 bridgehead atoms. The van der Waals surface area contributed by atoms with Crippen LogP contribution in [0.25, 0.3) is 16.9 Å². The SMILES string of the molecule is C=C(/C=C\C(C#N)=C/C)CNc1nccn2c(-c3ccc(O)cc3)cnc12. The monoisotopic (exact) mass is 357 g/mol. The predicted molar refractivity (Wildman–Crippen MR) is 106 cm³/mol. The number of nitrogens with one attached hydrogen (secondary N) is 1. The number of aromatic nitrogens is 3. The summed E-state index contributed by atoms with van der Waals surface area (Å²) in [6.45, 7) is 6.28. The molecule has 27 heavy (non-hydrogen) atoms. The number of fused-ring (bicyclic) bond motifs is 1. The molecule has 2 heterocycles. The third-order valence-electron chi connectivity index (χ3n) is 4.01. The highest BCUT2D eigenvalue weighted by Crippen LogP contribution is 2.25. The van der Waals surface area contributed by atoms with Crippen molar-refractivity contribution < 1.29 is 5.11 Å². The van der Waals surface area contributed by atoms with Crippen molar-refractivity contribution in [2.75, 3.05) is 11.9 Å². The van der Waals surface area contributed by atoms with E-state index >= 15 is 0 Å². The average Bonchev–Trinajstić information content (AvgIpc) is 3.12. The van der Waals surface area contributed by atoms with Crippen LogP contribution < -0.4 is 5.32 Å². The second-order valence-corrected chi connectivity index (χ2v) is 5.86. The van der Waals surface area contributed by atoms with Gasteiger partial charge >= 0.3 is 0 Å². The zero-order valence-corrected chi connectivity index (χ0v) is 14.9. The van der Waals surface area contributed by atoms with Crippen molar-refractivity contribution in [2.24, 2.45) is 0 Å². The van der Waals surface area contributed by atoms with Gasteiger partial charge in [-0.1, -0.05) is 18.7 Å². The molecule has 3 aromatic rings. The van der Waals surface area contributed by atoms with Crippen LogP contribution in [0.4, 0.5) is 5.82 Å². The fourth-order valence-electron chi connectivity index (χ4n) is 2.55. The Bertz CT molecular complexity index is 1070. The molecular weight excluding hydrogens is 338 g/mol. The van der Waals surface area contributed by atoms with Crippen molar-refractivity contribution >= 4 is 11.5 Å². The summed E-state index contributed by atoms with van der Waals surface area (Å²) in [5, 5.41) is 21.6. The molecule has 0 radical (unpaired) electrons. The molecule has 2 N–H and O–H groups in total. The van der Waals surface area contributed by atoms with Crippen LogP contribution in [0.15, 0.2) is 78.8 Å². The lowest BCUT2D eigenvalue weighted by Crippen LogP contribution is -2.06. The summed E-state index contributed by atoms with van der Waals surface area (Å²) in [6.07, 6.45) is 10.6. The van der Waals surface area contributed by atoms with Gasteiger partial charge in [-0.05, 0) is 42.8 Å². The van der Waals surface area contributed by atoms with Crippen molar-refractivity contribution in [1.29, 1.82) is 5.26 Å². The van der Waals surface area contributed by atoms with Gasteiger partial charge in [0.15, 0.2) is 11.5 Å². The van der Waals surface area contributed by atoms with E-state index in [1.807, 2.05) is 29.7 Å². The van der Waals surface area contributed by atoms with E-state index in [0.717, 1.165) is 16.8 Å². The molecule has 0 aliphatic carbocycles. The Hall–Kier alpha value is -3.85. The van der Waals surface area contributed by atoms with Gasteiger partial charge in [0.1, 0.15) is 5.75 Å². The highest BCUT2D eigenvalue weighted by Gasteiger charge is 2.10. The van der Waals surface area contributed by atoms with Gasteiger partial charge in [-0.15, -0.1) is 0 Å². The van der Waals surface area contributed by atoms with E-state index in [0.29, 0.717) is 23.6 Å². The molecule has 0 amide bonds. The molecule has 0 saturated carbocycles. The quantitative estimate of drug-likeness (QED) is 0.512. The first-order valence-electron chi connectivity index (χ1n) is 8.40. The van der Waals surface area contributed by atoms with Gasteiger partial charge in [0.2, 0.25) is 0 Å². The van der Waals surface area contributed by atoms with Crippen LogP contribution in [-0.2, 0) is 0 Å². The number of rotatable bonds is 6. The summed E-state index contributed by atoms with van der Waals surface area (Å²) in [5.41, 5.74) is 3.95. The molecule has 6 heteroatoms. The molecule has 3 rings (SSSR count). The minimum atomic E-state index is 0.223. The Balaban J connectivity index is 1.80. The Morgan fingerprint density at radius 3 is 2.78 bits per heavy atom. The van der Waals surface area contributed by atoms with Crippen LogP contribution in [0.2, 0.25) is 0 Å². The largest absolute Gasteiger partial charge is 0.508 e. The minimum Gasteiger partial charge on any atom is -0.508 e. The smallest absolute Gasteiger partial charge is 0.180 e. The maximum atomic E-state index is 9.47. The highest BCUT2D eigenvalue weighted by atomic mass is 16.3. The summed E-state index contributed by atoms with van der Waals surface area (Å²) < 4.78 is 1.94. The Labute approximate surface area is 157 Å². The zero-order chi connectivity index (χ0) is 19.2. The fourth-order valence-corrected chi connectivity index (χ4v) is 2.55. The van der Waals surface area contributed by atoms with E-state index in [2.05, 4.69) is 27.9 Å². The maximum Gasteiger partial charge on any atom is 0.180 e. The third kappa shape index (κ3) is 4.05. The van der Waals surface area contributed by atoms with E-state index in [1.54, 1.807) is 42.8 Å². The topological polar surface area (TPSA) is 86.2 Å². The molecule has 0 fully saturated rings. The molecule has 134 valence electrons. The molecule has 2 aromatic heterocycles. The van der Waals surface area contributed by atoms with Crippen molar-refractivity contribution in [3.63, 3.8) is 0 Å². The molecule has 0 atom stereocenters. The number of phenols is 1. The van der Waals surface area contributed by atoms with Crippen LogP contribution in [0.5, 0.6) is 5.75 Å². The molecule has 0 spiro atoms.